The Morgan fingerprint density at radius 3 is 2.08 bits per heavy atom. The predicted molar refractivity (Wildman–Crippen MR) is 55.5 cm³/mol. The van der Waals surface area contributed by atoms with E-state index >= 15 is 0 Å². The molecule has 0 unspecified atom stereocenters. The summed E-state index contributed by atoms with van der Waals surface area (Å²) in [4.78, 5) is 2.56. The van der Waals surface area contributed by atoms with Crippen molar-refractivity contribution >= 4 is 0 Å². The van der Waals surface area contributed by atoms with Crippen LogP contribution in [0.2, 0.25) is 0 Å². The summed E-state index contributed by atoms with van der Waals surface area (Å²) in [6, 6.07) is 0. The molecule has 1 heterocycles. The summed E-state index contributed by atoms with van der Waals surface area (Å²) in [7, 11) is 0. The van der Waals surface area contributed by atoms with Crippen LogP contribution in [0.4, 0.5) is 0 Å². The smallest absolute Gasteiger partial charge is 0.0823 e. The molecular weight excluding hydrogens is 158 g/mol. The van der Waals surface area contributed by atoms with Crippen molar-refractivity contribution in [3.63, 3.8) is 0 Å². The second-order valence-corrected chi connectivity index (χ2v) is 4.43. The van der Waals surface area contributed by atoms with Gasteiger partial charge < -0.3 is 0 Å². The summed E-state index contributed by atoms with van der Waals surface area (Å²) in [6.45, 7) is 2.48. The van der Waals surface area contributed by atoms with Crippen LogP contribution in [0.3, 0.4) is 0 Å². The Morgan fingerprint density at radius 2 is 1.54 bits per heavy atom. The minimum Gasteiger partial charge on any atom is -0.287 e. The highest BCUT2D eigenvalue weighted by Gasteiger charge is 2.37. The van der Waals surface area contributed by atoms with Crippen LogP contribution < -0.4 is 0 Å². The third-order valence-corrected chi connectivity index (χ3v) is 3.66. The normalized spacial score (nSPS) is 28.5. The second kappa shape index (κ2) is 3.72. The Bertz CT molecular complexity index is 202. The molecule has 2 rings (SSSR count). The monoisotopic (exact) mass is 177 g/mol. The summed E-state index contributed by atoms with van der Waals surface area (Å²) in [6.07, 6.45) is 15.0. The highest BCUT2D eigenvalue weighted by Crippen LogP contribution is 2.35. The maximum absolute atomic E-state index is 5.73. The first kappa shape index (κ1) is 9.09. The summed E-state index contributed by atoms with van der Waals surface area (Å²) >= 11 is 0. The van der Waals surface area contributed by atoms with Crippen LogP contribution in [0.15, 0.2) is 0 Å². The maximum atomic E-state index is 5.73. The van der Waals surface area contributed by atoms with E-state index < -0.39 is 0 Å². The lowest BCUT2D eigenvalue weighted by atomic mass is 9.81. The first-order valence-corrected chi connectivity index (χ1v) is 5.60. The van der Waals surface area contributed by atoms with Gasteiger partial charge in [-0.3, -0.25) is 4.90 Å². The van der Waals surface area contributed by atoms with E-state index in [1.165, 1.54) is 58.0 Å². The third-order valence-electron chi connectivity index (χ3n) is 3.66. The topological polar surface area (TPSA) is 3.24 Å². The number of likely N-dealkylation sites (tertiary alicyclic amines) is 1. The van der Waals surface area contributed by atoms with Gasteiger partial charge in [-0.2, -0.15) is 0 Å². The summed E-state index contributed by atoms with van der Waals surface area (Å²) in [5.74, 6) is 3.09. The summed E-state index contributed by atoms with van der Waals surface area (Å²) < 4.78 is 0. The van der Waals surface area contributed by atoms with Crippen LogP contribution in [0.5, 0.6) is 0 Å². The first-order valence-electron chi connectivity index (χ1n) is 5.60. The van der Waals surface area contributed by atoms with E-state index in [2.05, 4.69) is 10.8 Å². The molecule has 1 saturated heterocycles. The molecule has 2 fully saturated rings. The number of hydrogen-bond acceptors (Lipinski definition) is 1. The zero-order valence-corrected chi connectivity index (χ0v) is 8.39. The van der Waals surface area contributed by atoms with Crippen LogP contribution in [0, 0.1) is 12.3 Å². The quantitative estimate of drug-likeness (QED) is 0.556. The minimum absolute atomic E-state index is 0.161. The van der Waals surface area contributed by atoms with E-state index in [0.717, 1.165) is 0 Å². The lowest BCUT2D eigenvalue weighted by molar-refractivity contribution is 0.128. The van der Waals surface area contributed by atoms with Crippen molar-refractivity contribution in [2.24, 2.45) is 0 Å². The molecule has 0 spiro atoms. The molecule has 0 bridgehead atoms. The van der Waals surface area contributed by atoms with Gasteiger partial charge in [0.05, 0.1) is 5.54 Å². The van der Waals surface area contributed by atoms with E-state index in [1.54, 1.807) is 0 Å². The number of hydrogen-bond donors (Lipinski definition) is 0. The lowest BCUT2D eigenvalue weighted by Gasteiger charge is -2.40. The molecule has 0 N–H and O–H groups in total. The van der Waals surface area contributed by atoms with Crippen molar-refractivity contribution in [3.8, 4) is 12.3 Å². The molecular formula is C12H19N. The summed E-state index contributed by atoms with van der Waals surface area (Å²) in [5, 5.41) is 0. The zero-order valence-electron chi connectivity index (χ0n) is 8.39. The van der Waals surface area contributed by atoms with E-state index in [4.69, 9.17) is 6.42 Å². The Labute approximate surface area is 81.5 Å². The van der Waals surface area contributed by atoms with Crippen molar-refractivity contribution in [1.29, 1.82) is 0 Å². The molecule has 0 aromatic rings. The fraction of sp³-hybridized carbons (Fsp3) is 0.833. The van der Waals surface area contributed by atoms with Gasteiger partial charge in [0.2, 0.25) is 0 Å². The van der Waals surface area contributed by atoms with Crippen molar-refractivity contribution < 1.29 is 0 Å². The molecule has 0 aromatic carbocycles. The molecule has 0 atom stereocenters. The van der Waals surface area contributed by atoms with Gasteiger partial charge in [-0.15, -0.1) is 6.42 Å². The van der Waals surface area contributed by atoms with Gasteiger partial charge in [-0.25, -0.2) is 0 Å². The van der Waals surface area contributed by atoms with Gasteiger partial charge in [0, 0.05) is 0 Å². The molecule has 0 aromatic heterocycles. The minimum atomic E-state index is 0.161. The van der Waals surface area contributed by atoms with E-state index in [0.29, 0.717) is 0 Å². The van der Waals surface area contributed by atoms with Crippen LogP contribution in [0.1, 0.15) is 44.9 Å². The van der Waals surface area contributed by atoms with Crippen LogP contribution in [0.25, 0.3) is 0 Å². The highest BCUT2D eigenvalue weighted by molar-refractivity contribution is 5.15. The molecule has 0 radical (unpaired) electrons. The standard InChI is InChI=1S/C12H19N/c1-2-12(8-4-3-5-9-12)13-10-6-7-11-13/h1H,3-11H2. The molecule has 72 valence electrons. The molecule has 1 heteroatoms. The van der Waals surface area contributed by atoms with E-state index in [-0.39, 0.29) is 5.54 Å². The largest absolute Gasteiger partial charge is 0.287 e. The van der Waals surface area contributed by atoms with Gasteiger partial charge in [0.1, 0.15) is 0 Å². The SMILES string of the molecule is C#CC1(N2CCCC2)CCCCC1. The van der Waals surface area contributed by atoms with Gasteiger partial charge in [0.15, 0.2) is 0 Å². The Balaban J connectivity index is 2.08. The average Bonchev–Trinajstić information content (AvgIpc) is 2.72. The Hall–Kier alpha value is -0.480. The van der Waals surface area contributed by atoms with Crippen molar-refractivity contribution in [3.05, 3.63) is 0 Å². The van der Waals surface area contributed by atoms with Crippen LogP contribution in [-0.4, -0.2) is 23.5 Å². The number of rotatable bonds is 1. The highest BCUT2D eigenvalue weighted by atomic mass is 15.2. The average molecular weight is 177 g/mol. The zero-order chi connectivity index (χ0) is 9.15. The van der Waals surface area contributed by atoms with Crippen LogP contribution >= 0.6 is 0 Å². The Kier molecular flexibility index (Phi) is 2.60. The second-order valence-electron chi connectivity index (χ2n) is 4.43. The fourth-order valence-corrected chi connectivity index (χ4v) is 2.83. The number of terminal acetylenes is 1. The number of nitrogens with zero attached hydrogens (tertiary/aromatic N) is 1. The summed E-state index contributed by atoms with van der Waals surface area (Å²) in [5.41, 5.74) is 0.161. The first-order chi connectivity index (χ1) is 6.37. The Morgan fingerprint density at radius 1 is 0.923 bits per heavy atom. The van der Waals surface area contributed by atoms with Gasteiger partial charge in [0.25, 0.3) is 0 Å². The fourth-order valence-electron chi connectivity index (χ4n) is 2.83. The van der Waals surface area contributed by atoms with Crippen LogP contribution in [-0.2, 0) is 0 Å². The lowest BCUT2D eigenvalue weighted by Crippen LogP contribution is -2.47. The van der Waals surface area contributed by atoms with Gasteiger partial charge >= 0.3 is 0 Å². The van der Waals surface area contributed by atoms with Gasteiger partial charge in [-0.05, 0) is 38.8 Å². The van der Waals surface area contributed by atoms with Crippen molar-refractivity contribution in [2.75, 3.05) is 13.1 Å². The van der Waals surface area contributed by atoms with Crippen molar-refractivity contribution in [2.45, 2.75) is 50.5 Å². The molecule has 2 aliphatic rings. The molecule has 1 aliphatic heterocycles. The molecule has 1 nitrogen and oxygen atoms in total. The van der Waals surface area contributed by atoms with Gasteiger partial charge in [-0.1, -0.05) is 25.2 Å². The molecule has 13 heavy (non-hydrogen) atoms. The molecule has 0 amide bonds. The maximum Gasteiger partial charge on any atom is 0.0823 e. The van der Waals surface area contributed by atoms with E-state index in [1.807, 2.05) is 0 Å². The predicted octanol–water partition coefficient (Wildman–Crippen LogP) is 2.42. The third kappa shape index (κ3) is 1.60. The van der Waals surface area contributed by atoms with Crippen molar-refractivity contribution in [1.82, 2.24) is 4.90 Å². The molecule has 1 saturated carbocycles. The van der Waals surface area contributed by atoms with E-state index in [9.17, 15) is 0 Å². The molecule has 1 aliphatic carbocycles.